The van der Waals surface area contributed by atoms with Crippen LogP contribution in [0.1, 0.15) is 31.7 Å². The van der Waals surface area contributed by atoms with Gasteiger partial charge in [0.05, 0.1) is 0 Å². The van der Waals surface area contributed by atoms with E-state index in [9.17, 15) is 4.79 Å². The number of anilines is 2. The largest absolute Gasteiger partial charge is 0.399 e. The number of aryl methyl sites for hydroxylation is 1. The minimum atomic E-state index is 0.0628. The second-order valence-corrected chi connectivity index (χ2v) is 5.40. The van der Waals surface area contributed by atoms with E-state index >= 15 is 0 Å². The maximum atomic E-state index is 12.0. The van der Waals surface area contributed by atoms with Crippen molar-refractivity contribution in [3.8, 4) is 0 Å². The van der Waals surface area contributed by atoms with Crippen LogP contribution in [0.2, 0.25) is 0 Å². The summed E-state index contributed by atoms with van der Waals surface area (Å²) in [5.74, 6) is 0.0628. The van der Waals surface area contributed by atoms with Crippen LogP contribution in [-0.2, 0) is 4.79 Å². The first-order valence-electron chi connectivity index (χ1n) is 6.96. The van der Waals surface area contributed by atoms with Crippen molar-refractivity contribution < 1.29 is 4.79 Å². The molecule has 0 saturated carbocycles. The molecule has 0 aliphatic carbocycles. The molecule has 0 radical (unpaired) electrons. The van der Waals surface area contributed by atoms with Gasteiger partial charge in [0.15, 0.2) is 0 Å². The van der Waals surface area contributed by atoms with E-state index in [1.165, 1.54) is 12.8 Å². The van der Waals surface area contributed by atoms with E-state index in [1.54, 1.807) is 0 Å². The summed E-state index contributed by atoms with van der Waals surface area (Å²) in [4.78, 5) is 14.3. The van der Waals surface area contributed by atoms with Crippen LogP contribution in [0.3, 0.4) is 0 Å². The number of likely N-dealkylation sites (tertiary alicyclic amines) is 1. The number of carbonyl (C=O) groups is 1. The molecule has 1 heterocycles. The molecule has 0 spiro atoms. The smallest absolute Gasteiger partial charge is 0.225 e. The van der Waals surface area contributed by atoms with E-state index in [0.29, 0.717) is 18.2 Å². The minimum absolute atomic E-state index is 0.0628. The van der Waals surface area contributed by atoms with Gasteiger partial charge in [-0.15, -0.1) is 0 Å². The molecule has 19 heavy (non-hydrogen) atoms. The molecule has 1 saturated heterocycles. The molecule has 1 aromatic rings. The predicted octanol–water partition coefficient (Wildman–Crippen LogP) is 2.39. The molecule has 2 rings (SSSR count). The Bertz CT molecular complexity index is 459. The van der Waals surface area contributed by atoms with Gasteiger partial charge in [-0.3, -0.25) is 4.79 Å². The Morgan fingerprint density at radius 1 is 1.53 bits per heavy atom. The SMILES string of the molecule is Cc1ccc(N)cc1NC(=O)CCN1CCCC1C. The molecular weight excluding hydrogens is 238 g/mol. The van der Waals surface area contributed by atoms with E-state index in [0.717, 1.165) is 24.3 Å². The van der Waals surface area contributed by atoms with Gasteiger partial charge in [0.25, 0.3) is 0 Å². The van der Waals surface area contributed by atoms with Crippen LogP contribution in [-0.4, -0.2) is 29.9 Å². The zero-order valence-electron chi connectivity index (χ0n) is 11.8. The van der Waals surface area contributed by atoms with Gasteiger partial charge in [-0.1, -0.05) is 6.07 Å². The van der Waals surface area contributed by atoms with Crippen LogP contribution >= 0.6 is 0 Å². The zero-order valence-corrected chi connectivity index (χ0v) is 11.8. The van der Waals surface area contributed by atoms with Gasteiger partial charge in [-0.2, -0.15) is 0 Å². The summed E-state index contributed by atoms with van der Waals surface area (Å²) in [7, 11) is 0. The number of nitrogens with one attached hydrogen (secondary N) is 1. The number of nitrogens with zero attached hydrogens (tertiary/aromatic N) is 1. The first-order valence-corrected chi connectivity index (χ1v) is 6.96. The second-order valence-electron chi connectivity index (χ2n) is 5.40. The molecule has 104 valence electrons. The first-order chi connectivity index (χ1) is 9.06. The highest BCUT2D eigenvalue weighted by Gasteiger charge is 2.20. The summed E-state index contributed by atoms with van der Waals surface area (Å²) in [6, 6.07) is 6.19. The molecular formula is C15H23N3O. The van der Waals surface area contributed by atoms with Crippen LogP contribution in [0.25, 0.3) is 0 Å². The fourth-order valence-electron chi connectivity index (χ4n) is 2.56. The molecule has 1 fully saturated rings. The van der Waals surface area contributed by atoms with Crippen molar-refractivity contribution in [1.29, 1.82) is 0 Å². The fraction of sp³-hybridized carbons (Fsp3) is 0.533. The lowest BCUT2D eigenvalue weighted by Crippen LogP contribution is -2.30. The lowest BCUT2D eigenvalue weighted by molar-refractivity contribution is -0.116. The molecule has 0 aromatic heterocycles. The Labute approximate surface area is 115 Å². The van der Waals surface area contributed by atoms with E-state index in [4.69, 9.17) is 5.73 Å². The lowest BCUT2D eigenvalue weighted by atomic mass is 10.2. The van der Waals surface area contributed by atoms with Gasteiger partial charge in [0.2, 0.25) is 5.91 Å². The van der Waals surface area contributed by atoms with Crippen molar-refractivity contribution in [3.05, 3.63) is 23.8 Å². The van der Waals surface area contributed by atoms with Crippen LogP contribution in [0.15, 0.2) is 18.2 Å². The molecule has 3 N–H and O–H groups in total. The topological polar surface area (TPSA) is 58.4 Å². The quantitative estimate of drug-likeness (QED) is 0.818. The highest BCUT2D eigenvalue weighted by atomic mass is 16.1. The number of hydrogen-bond acceptors (Lipinski definition) is 3. The maximum Gasteiger partial charge on any atom is 0.225 e. The molecule has 1 amide bonds. The van der Waals surface area contributed by atoms with Gasteiger partial charge < -0.3 is 16.0 Å². The number of amides is 1. The summed E-state index contributed by atoms with van der Waals surface area (Å²) in [5, 5.41) is 2.94. The average Bonchev–Trinajstić information content (AvgIpc) is 2.77. The zero-order chi connectivity index (χ0) is 13.8. The highest BCUT2D eigenvalue weighted by Crippen LogP contribution is 2.19. The Kier molecular flexibility index (Phi) is 4.43. The molecule has 1 aliphatic rings. The number of carbonyl (C=O) groups excluding carboxylic acids is 1. The third-order valence-corrected chi connectivity index (χ3v) is 3.85. The first kappa shape index (κ1) is 13.9. The van der Waals surface area contributed by atoms with E-state index in [1.807, 2.05) is 25.1 Å². The number of rotatable bonds is 4. The van der Waals surface area contributed by atoms with E-state index in [-0.39, 0.29) is 5.91 Å². The van der Waals surface area contributed by atoms with Crippen molar-refractivity contribution in [2.24, 2.45) is 0 Å². The summed E-state index contributed by atoms with van der Waals surface area (Å²) in [6.45, 7) is 6.16. The van der Waals surface area contributed by atoms with Crippen molar-refractivity contribution in [2.75, 3.05) is 24.1 Å². The number of nitrogen functional groups attached to an aromatic ring is 1. The number of benzene rings is 1. The molecule has 4 heteroatoms. The molecule has 4 nitrogen and oxygen atoms in total. The summed E-state index contributed by atoms with van der Waals surface area (Å²) in [5.41, 5.74) is 8.27. The molecule has 1 atom stereocenters. The van der Waals surface area contributed by atoms with Crippen molar-refractivity contribution in [1.82, 2.24) is 4.90 Å². The van der Waals surface area contributed by atoms with Gasteiger partial charge >= 0.3 is 0 Å². The summed E-state index contributed by atoms with van der Waals surface area (Å²) >= 11 is 0. The van der Waals surface area contributed by atoms with Crippen LogP contribution in [0.4, 0.5) is 11.4 Å². The predicted molar refractivity (Wildman–Crippen MR) is 79.1 cm³/mol. The van der Waals surface area contributed by atoms with Gasteiger partial charge in [-0.05, 0) is 50.9 Å². The Morgan fingerprint density at radius 3 is 3.00 bits per heavy atom. The van der Waals surface area contributed by atoms with Gasteiger partial charge in [0.1, 0.15) is 0 Å². The van der Waals surface area contributed by atoms with Crippen LogP contribution in [0, 0.1) is 6.92 Å². The summed E-state index contributed by atoms with van der Waals surface area (Å²) in [6.07, 6.45) is 3.03. The highest BCUT2D eigenvalue weighted by molar-refractivity contribution is 5.92. The monoisotopic (exact) mass is 261 g/mol. The van der Waals surface area contributed by atoms with Crippen molar-refractivity contribution in [2.45, 2.75) is 39.2 Å². The lowest BCUT2D eigenvalue weighted by Gasteiger charge is -2.20. The van der Waals surface area contributed by atoms with Crippen LogP contribution in [0.5, 0.6) is 0 Å². The van der Waals surface area contributed by atoms with E-state index < -0.39 is 0 Å². The minimum Gasteiger partial charge on any atom is -0.399 e. The van der Waals surface area contributed by atoms with Crippen LogP contribution < -0.4 is 11.1 Å². The van der Waals surface area contributed by atoms with E-state index in [2.05, 4.69) is 17.1 Å². The number of nitrogens with two attached hydrogens (primary N) is 1. The second kappa shape index (κ2) is 6.06. The Hall–Kier alpha value is -1.55. The summed E-state index contributed by atoms with van der Waals surface area (Å²) < 4.78 is 0. The fourth-order valence-corrected chi connectivity index (χ4v) is 2.56. The Balaban J connectivity index is 1.85. The Morgan fingerprint density at radius 2 is 2.32 bits per heavy atom. The van der Waals surface area contributed by atoms with Gasteiger partial charge in [0, 0.05) is 30.4 Å². The van der Waals surface area contributed by atoms with Crippen molar-refractivity contribution >= 4 is 17.3 Å². The molecule has 0 bridgehead atoms. The maximum absolute atomic E-state index is 12.0. The molecule has 1 aliphatic heterocycles. The average molecular weight is 261 g/mol. The van der Waals surface area contributed by atoms with Crippen molar-refractivity contribution in [3.63, 3.8) is 0 Å². The standard InChI is InChI=1S/C15H23N3O/c1-11-5-6-13(16)10-14(11)17-15(19)7-9-18-8-3-4-12(18)2/h5-6,10,12H,3-4,7-9,16H2,1-2H3,(H,17,19). The normalized spacial score (nSPS) is 19.6. The number of hydrogen-bond donors (Lipinski definition) is 2. The third kappa shape index (κ3) is 3.70. The molecule has 1 unspecified atom stereocenters. The molecule has 1 aromatic carbocycles. The van der Waals surface area contributed by atoms with Gasteiger partial charge in [-0.25, -0.2) is 0 Å². The third-order valence-electron chi connectivity index (χ3n) is 3.85.